The van der Waals surface area contributed by atoms with Crippen molar-refractivity contribution < 1.29 is 0 Å². The largest absolute Gasteiger partial charge is 0.354 e. The van der Waals surface area contributed by atoms with Gasteiger partial charge < -0.3 is 14.8 Å². The Bertz CT molecular complexity index is 332. The number of hydrogen-bond acceptors (Lipinski definition) is 2. The number of aryl methyl sites for hydroxylation is 1. The number of likely N-dealkylation sites (tertiary alicyclic amines) is 1. The summed E-state index contributed by atoms with van der Waals surface area (Å²) in [5.74, 6) is 0. The Balaban J connectivity index is 1.76. The highest BCUT2D eigenvalue weighted by molar-refractivity contribution is 5.10. The molecule has 96 valence electrons. The van der Waals surface area contributed by atoms with Crippen molar-refractivity contribution in [3.8, 4) is 0 Å². The molecule has 3 nitrogen and oxygen atoms in total. The van der Waals surface area contributed by atoms with Crippen molar-refractivity contribution >= 4 is 0 Å². The van der Waals surface area contributed by atoms with Crippen LogP contribution in [0.4, 0.5) is 0 Å². The molecule has 0 amide bonds. The van der Waals surface area contributed by atoms with Gasteiger partial charge in [-0.1, -0.05) is 6.92 Å². The quantitative estimate of drug-likeness (QED) is 0.843. The normalized spacial score (nSPS) is 21.9. The fourth-order valence-electron chi connectivity index (χ4n) is 2.59. The Kier molecular flexibility index (Phi) is 4.63. The summed E-state index contributed by atoms with van der Waals surface area (Å²) in [5, 5.41) is 3.67. The summed E-state index contributed by atoms with van der Waals surface area (Å²) in [6, 6.07) is 2.90. The Labute approximate surface area is 105 Å². The molecule has 0 bridgehead atoms. The third kappa shape index (κ3) is 3.86. The minimum Gasteiger partial charge on any atom is -0.354 e. The molecule has 1 atom stereocenters. The molecule has 1 fully saturated rings. The van der Waals surface area contributed by atoms with Gasteiger partial charge >= 0.3 is 0 Å². The van der Waals surface area contributed by atoms with Crippen LogP contribution in [-0.4, -0.2) is 35.6 Å². The van der Waals surface area contributed by atoms with Gasteiger partial charge in [-0.2, -0.15) is 0 Å². The van der Waals surface area contributed by atoms with Gasteiger partial charge in [-0.3, -0.25) is 0 Å². The van der Waals surface area contributed by atoms with Crippen molar-refractivity contribution in [2.24, 2.45) is 0 Å². The van der Waals surface area contributed by atoms with Gasteiger partial charge in [0.25, 0.3) is 0 Å². The summed E-state index contributed by atoms with van der Waals surface area (Å²) in [6.07, 6.45) is 8.30. The van der Waals surface area contributed by atoms with E-state index in [1.54, 1.807) is 0 Å². The van der Waals surface area contributed by atoms with Crippen molar-refractivity contribution in [3.63, 3.8) is 0 Å². The topological polar surface area (TPSA) is 20.2 Å². The highest BCUT2D eigenvalue weighted by Crippen LogP contribution is 2.09. The zero-order valence-corrected chi connectivity index (χ0v) is 11.2. The molecular formula is C14H25N3. The number of nitrogens with zero attached hydrogens (tertiary/aromatic N) is 2. The van der Waals surface area contributed by atoms with Crippen molar-refractivity contribution in [2.45, 2.75) is 45.3 Å². The smallest absolute Gasteiger partial charge is 0.0223 e. The molecule has 0 aliphatic carbocycles. The summed E-state index contributed by atoms with van der Waals surface area (Å²) < 4.78 is 2.28. The number of likely N-dealkylation sites (N-methyl/N-ethyl adjacent to an activating group) is 1. The van der Waals surface area contributed by atoms with Crippen molar-refractivity contribution in [3.05, 3.63) is 24.0 Å². The lowest BCUT2D eigenvalue weighted by Crippen LogP contribution is -2.43. The lowest BCUT2D eigenvalue weighted by Gasteiger charge is -2.30. The van der Waals surface area contributed by atoms with Crippen LogP contribution < -0.4 is 5.32 Å². The van der Waals surface area contributed by atoms with Gasteiger partial charge in [-0.05, 0) is 44.5 Å². The second-order valence-electron chi connectivity index (χ2n) is 5.24. The third-order valence-corrected chi connectivity index (χ3v) is 3.51. The predicted molar refractivity (Wildman–Crippen MR) is 72.1 cm³/mol. The predicted octanol–water partition coefficient (Wildman–Crippen LogP) is 2.08. The van der Waals surface area contributed by atoms with Crippen molar-refractivity contribution in [1.82, 2.24) is 14.8 Å². The van der Waals surface area contributed by atoms with Crippen LogP contribution in [0.2, 0.25) is 0 Å². The molecule has 2 heterocycles. The molecule has 2 rings (SSSR count). The summed E-state index contributed by atoms with van der Waals surface area (Å²) in [7, 11) is 2.21. The summed E-state index contributed by atoms with van der Waals surface area (Å²) in [6.45, 7) is 6.80. The van der Waals surface area contributed by atoms with Crippen LogP contribution in [0.3, 0.4) is 0 Å². The molecule has 0 saturated carbocycles. The van der Waals surface area contributed by atoms with E-state index < -0.39 is 0 Å². The van der Waals surface area contributed by atoms with Crippen LogP contribution in [0, 0.1) is 0 Å². The number of hydrogen-bond donors (Lipinski definition) is 1. The molecule has 1 aliphatic rings. The van der Waals surface area contributed by atoms with Crippen LogP contribution >= 0.6 is 0 Å². The van der Waals surface area contributed by atoms with E-state index in [9.17, 15) is 0 Å². The van der Waals surface area contributed by atoms with Crippen LogP contribution in [0.25, 0.3) is 0 Å². The standard InChI is InChI=1S/C14H25N3/c1-3-7-17-9-6-13(11-17)10-15-14-5-4-8-16(2)12-14/h6,9,11,14-15H,3-5,7-8,10,12H2,1-2H3. The first-order chi connectivity index (χ1) is 8.28. The van der Waals surface area contributed by atoms with Crippen LogP contribution in [-0.2, 0) is 13.1 Å². The second-order valence-corrected chi connectivity index (χ2v) is 5.24. The Morgan fingerprint density at radius 3 is 3.12 bits per heavy atom. The van der Waals surface area contributed by atoms with Crippen LogP contribution in [0.5, 0.6) is 0 Å². The molecule has 17 heavy (non-hydrogen) atoms. The highest BCUT2D eigenvalue weighted by atomic mass is 15.1. The SMILES string of the molecule is CCCn1ccc(CNC2CCCN(C)C2)c1. The molecule has 0 spiro atoms. The molecule has 1 aliphatic heterocycles. The monoisotopic (exact) mass is 235 g/mol. The van der Waals surface area contributed by atoms with E-state index in [2.05, 4.69) is 47.2 Å². The zero-order chi connectivity index (χ0) is 12.1. The van der Waals surface area contributed by atoms with Crippen LogP contribution in [0.15, 0.2) is 18.5 Å². The van der Waals surface area contributed by atoms with E-state index in [4.69, 9.17) is 0 Å². The lowest BCUT2D eigenvalue weighted by atomic mass is 10.1. The van der Waals surface area contributed by atoms with Crippen molar-refractivity contribution in [1.29, 1.82) is 0 Å². The van der Waals surface area contributed by atoms with Gasteiger partial charge in [-0.15, -0.1) is 0 Å². The molecule has 1 aromatic heterocycles. The maximum absolute atomic E-state index is 3.67. The average molecular weight is 235 g/mol. The van der Waals surface area contributed by atoms with E-state index >= 15 is 0 Å². The fraction of sp³-hybridized carbons (Fsp3) is 0.714. The second kappa shape index (κ2) is 6.22. The molecule has 0 aromatic carbocycles. The number of rotatable bonds is 5. The summed E-state index contributed by atoms with van der Waals surface area (Å²) in [4.78, 5) is 2.42. The molecular weight excluding hydrogens is 210 g/mol. The molecule has 0 radical (unpaired) electrons. The number of piperidine rings is 1. The Morgan fingerprint density at radius 2 is 2.35 bits per heavy atom. The van der Waals surface area contributed by atoms with Crippen molar-refractivity contribution in [2.75, 3.05) is 20.1 Å². The van der Waals surface area contributed by atoms with Gasteiger partial charge in [0, 0.05) is 38.1 Å². The molecule has 1 unspecified atom stereocenters. The summed E-state index contributed by atoms with van der Waals surface area (Å²) >= 11 is 0. The van der Waals surface area contributed by atoms with Gasteiger partial charge in [-0.25, -0.2) is 0 Å². The number of aromatic nitrogens is 1. The molecule has 3 heteroatoms. The third-order valence-electron chi connectivity index (χ3n) is 3.51. The van der Waals surface area contributed by atoms with Gasteiger partial charge in [0.2, 0.25) is 0 Å². The first-order valence-electron chi connectivity index (χ1n) is 6.84. The van der Waals surface area contributed by atoms with Crippen LogP contribution in [0.1, 0.15) is 31.7 Å². The van der Waals surface area contributed by atoms with E-state index in [1.165, 1.54) is 37.9 Å². The number of nitrogens with one attached hydrogen (secondary N) is 1. The maximum Gasteiger partial charge on any atom is 0.0223 e. The van der Waals surface area contributed by atoms with E-state index in [1.807, 2.05) is 0 Å². The molecule has 1 aromatic rings. The highest BCUT2D eigenvalue weighted by Gasteiger charge is 2.16. The first-order valence-corrected chi connectivity index (χ1v) is 6.84. The minimum absolute atomic E-state index is 0.670. The van der Waals surface area contributed by atoms with E-state index in [-0.39, 0.29) is 0 Å². The molecule has 1 saturated heterocycles. The van der Waals surface area contributed by atoms with E-state index in [0.717, 1.165) is 13.1 Å². The average Bonchev–Trinajstić information content (AvgIpc) is 2.75. The van der Waals surface area contributed by atoms with Gasteiger partial charge in [0.05, 0.1) is 0 Å². The van der Waals surface area contributed by atoms with E-state index in [0.29, 0.717) is 6.04 Å². The molecule has 1 N–H and O–H groups in total. The first kappa shape index (κ1) is 12.7. The maximum atomic E-state index is 3.67. The fourth-order valence-corrected chi connectivity index (χ4v) is 2.59. The minimum atomic E-state index is 0.670. The summed E-state index contributed by atoms with van der Waals surface area (Å²) in [5.41, 5.74) is 1.41. The van der Waals surface area contributed by atoms with Gasteiger partial charge in [0.15, 0.2) is 0 Å². The lowest BCUT2D eigenvalue weighted by molar-refractivity contribution is 0.226. The Morgan fingerprint density at radius 1 is 1.47 bits per heavy atom. The Hall–Kier alpha value is -0.800. The van der Waals surface area contributed by atoms with Gasteiger partial charge in [0.1, 0.15) is 0 Å². The zero-order valence-electron chi connectivity index (χ0n) is 11.2.